The van der Waals surface area contributed by atoms with Crippen molar-refractivity contribution >= 4 is 0 Å². The fraction of sp³-hybridized carbons (Fsp3) is 0.846. The molecule has 0 radical (unpaired) electrons. The fourth-order valence-electron chi connectivity index (χ4n) is 2.04. The highest BCUT2D eigenvalue weighted by Crippen LogP contribution is 2.20. The number of aromatic nitrogens is 2. The van der Waals surface area contributed by atoms with E-state index in [2.05, 4.69) is 22.0 Å². The molecule has 6 nitrogen and oxygen atoms in total. The van der Waals surface area contributed by atoms with Crippen molar-refractivity contribution in [2.75, 3.05) is 26.2 Å². The van der Waals surface area contributed by atoms with Gasteiger partial charge in [-0.1, -0.05) is 25.9 Å². The third-order valence-corrected chi connectivity index (χ3v) is 3.52. The molecule has 0 aromatic carbocycles. The van der Waals surface area contributed by atoms with E-state index in [0.717, 1.165) is 19.6 Å². The molecule has 1 aliphatic rings. The van der Waals surface area contributed by atoms with E-state index in [1.165, 1.54) is 0 Å². The maximum Gasteiger partial charge on any atom is 0.229 e. The zero-order chi connectivity index (χ0) is 13.8. The highest BCUT2D eigenvalue weighted by molar-refractivity contribution is 4.95. The lowest BCUT2D eigenvalue weighted by molar-refractivity contribution is -0.0334. The zero-order valence-electron chi connectivity index (χ0n) is 11.9. The third kappa shape index (κ3) is 3.75. The molecule has 1 aromatic heterocycles. The predicted molar refractivity (Wildman–Crippen MR) is 69.7 cm³/mol. The Kier molecular flexibility index (Phi) is 4.90. The van der Waals surface area contributed by atoms with Gasteiger partial charge >= 0.3 is 0 Å². The Labute approximate surface area is 113 Å². The van der Waals surface area contributed by atoms with Crippen LogP contribution < -0.4 is 0 Å². The van der Waals surface area contributed by atoms with E-state index < -0.39 is 6.10 Å². The van der Waals surface area contributed by atoms with Gasteiger partial charge in [-0.2, -0.15) is 4.98 Å². The van der Waals surface area contributed by atoms with Crippen molar-refractivity contribution in [3.05, 3.63) is 11.7 Å². The van der Waals surface area contributed by atoms with Crippen LogP contribution in [0, 0.1) is 5.92 Å². The molecule has 0 bridgehead atoms. The van der Waals surface area contributed by atoms with Crippen LogP contribution in [0.25, 0.3) is 0 Å². The second-order valence-corrected chi connectivity index (χ2v) is 5.31. The molecule has 108 valence electrons. The minimum Gasteiger partial charge on any atom is -0.392 e. The number of hydrogen-bond donors (Lipinski definition) is 1. The second-order valence-electron chi connectivity index (χ2n) is 5.31. The lowest BCUT2D eigenvalue weighted by Gasteiger charge is -2.30. The Balaban J connectivity index is 1.96. The molecule has 0 spiro atoms. The summed E-state index contributed by atoms with van der Waals surface area (Å²) in [6.45, 7) is 9.49. The molecule has 1 aliphatic heterocycles. The predicted octanol–water partition coefficient (Wildman–Crippen LogP) is 1.02. The molecule has 2 rings (SSSR count). The van der Waals surface area contributed by atoms with Gasteiger partial charge in [-0.15, -0.1) is 0 Å². The van der Waals surface area contributed by atoms with Crippen molar-refractivity contribution < 1.29 is 14.4 Å². The summed E-state index contributed by atoms with van der Waals surface area (Å²) in [5, 5.41) is 13.8. The number of ether oxygens (including phenoxy) is 1. The van der Waals surface area contributed by atoms with Gasteiger partial charge in [0.05, 0.1) is 19.1 Å². The fourth-order valence-corrected chi connectivity index (χ4v) is 2.04. The Morgan fingerprint density at radius 3 is 2.95 bits per heavy atom. The lowest BCUT2D eigenvalue weighted by Crippen LogP contribution is -2.38. The first-order valence-electron chi connectivity index (χ1n) is 6.94. The summed E-state index contributed by atoms with van der Waals surface area (Å²) >= 11 is 0. The minimum atomic E-state index is -0.451. The summed E-state index contributed by atoms with van der Waals surface area (Å²) in [7, 11) is 0. The van der Waals surface area contributed by atoms with Gasteiger partial charge < -0.3 is 14.4 Å². The molecule has 6 heteroatoms. The van der Waals surface area contributed by atoms with Crippen LogP contribution in [0.15, 0.2) is 4.52 Å². The molecule has 2 atom stereocenters. The Morgan fingerprint density at radius 1 is 1.47 bits per heavy atom. The summed E-state index contributed by atoms with van der Waals surface area (Å²) in [5.74, 6) is 1.24. The van der Waals surface area contributed by atoms with Crippen LogP contribution in [0.2, 0.25) is 0 Å². The monoisotopic (exact) mass is 269 g/mol. The van der Waals surface area contributed by atoms with Crippen LogP contribution >= 0.6 is 0 Å². The standard InChI is InChI=1S/C13H23N3O3/c1-4-16-5-6-18-11(8-16)13-14-12(19-15-13)7-10(17)9(2)3/h9-11,17H,4-8H2,1-3H3. The van der Waals surface area contributed by atoms with Gasteiger partial charge in [-0.25, -0.2) is 0 Å². The topological polar surface area (TPSA) is 71.6 Å². The van der Waals surface area contributed by atoms with Gasteiger partial charge in [0.25, 0.3) is 0 Å². The molecular weight excluding hydrogens is 246 g/mol. The van der Waals surface area contributed by atoms with E-state index >= 15 is 0 Å². The molecule has 2 heterocycles. The second kappa shape index (κ2) is 6.45. The SMILES string of the molecule is CCN1CCOC(c2noc(CC(O)C(C)C)n2)C1. The van der Waals surface area contributed by atoms with E-state index in [1.54, 1.807) is 0 Å². The van der Waals surface area contributed by atoms with Crippen molar-refractivity contribution in [3.63, 3.8) is 0 Å². The van der Waals surface area contributed by atoms with Gasteiger partial charge in [0.15, 0.2) is 0 Å². The summed E-state index contributed by atoms with van der Waals surface area (Å²) < 4.78 is 10.9. The molecule has 1 aromatic rings. The number of likely N-dealkylation sites (N-methyl/N-ethyl adjacent to an activating group) is 1. The molecule has 0 amide bonds. The molecular formula is C13H23N3O3. The maximum atomic E-state index is 9.81. The first-order valence-corrected chi connectivity index (χ1v) is 6.94. The van der Waals surface area contributed by atoms with Crippen LogP contribution in [-0.4, -0.2) is 52.5 Å². The Morgan fingerprint density at radius 2 is 2.26 bits per heavy atom. The molecule has 0 saturated carbocycles. The van der Waals surface area contributed by atoms with Crippen LogP contribution in [0.5, 0.6) is 0 Å². The quantitative estimate of drug-likeness (QED) is 0.860. The normalized spacial score (nSPS) is 22.9. The number of aliphatic hydroxyl groups is 1. The first-order chi connectivity index (χ1) is 9.10. The Bertz CT molecular complexity index is 394. The summed E-state index contributed by atoms with van der Waals surface area (Å²) in [6.07, 6.45) is -0.176. The number of nitrogens with zero attached hydrogens (tertiary/aromatic N) is 3. The largest absolute Gasteiger partial charge is 0.392 e. The van der Waals surface area contributed by atoms with Gasteiger partial charge in [0.2, 0.25) is 11.7 Å². The lowest BCUT2D eigenvalue weighted by atomic mass is 10.0. The average Bonchev–Trinajstić information content (AvgIpc) is 2.87. The first kappa shape index (κ1) is 14.4. The van der Waals surface area contributed by atoms with E-state index in [0.29, 0.717) is 24.7 Å². The van der Waals surface area contributed by atoms with Crippen LogP contribution in [0.1, 0.15) is 38.6 Å². The van der Waals surface area contributed by atoms with E-state index in [9.17, 15) is 5.11 Å². The number of rotatable bonds is 5. The number of morpholine rings is 1. The summed E-state index contributed by atoms with van der Waals surface area (Å²) in [6, 6.07) is 0. The highest BCUT2D eigenvalue weighted by Gasteiger charge is 2.26. The third-order valence-electron chi connectivity index (χ3n) is 3.52. The molecule has 19 heavy (non-hydrogen) atoms. The van der Waals surface area contributed by atoms with Crippen LogP contribution in [0.4, 0.5) is 0 Å². The smallest absolute Gasteiger partial charge is 0.229 e. The minimum absolute atomic E-state index is 0.123. The van der Waals surface area contributed by atoms with Gasteiger partial charge in [-0.05, 0) is 12.5 Å². The van der Waals surface area contributed by atoms with E-state index in [-0.39, 0.29) is 12.0 Å². The van der Waals surface area contributed by atoms with E-state index in [4.69, 9.17) is 9.26 Å². The molecule has 2 unspecified atom stereocenters. The van der Waals surface area contributed by atoms with Crippen molar-refractivity contribution in [3.8, 4) is 0 Å². The molecule has 1 N–H and O–H groups in total. The van der Waals surface area contributed by atoms with Crippen molar-refractivity contribution in [1.82, 2.24) is 15.0 Å². The van der Waals surface area contributed by atoms with Crippen LogP contribution in [0.3, 0.4) is 0 Å². The van der Waals surface area contributed by atoms with Crippen molar-refractivity contribution in [2.45, 2.75) is 39.4 Å². The maximum absolute atomic E-state index is 9.81. The Hall–Kier alpha value is -0.980. The van der Waals surface area contributed by atoms with Crippen LogP contribution in [-0.2, 0) is 11.2 Å². The summed E-state index contributed by atoms with van der Waals surface area (Å²) in [5.41, 5.74) is 0. The zero-order valence-corrected chi connectivity index (χ0v) is 11.9. The van der Waals surface area contributed by atoms with Gasteiger partial charge in [0, 0.05) is 13.1 Å². The van der Waals surface area contributed by atoms with Gasteiger partial charge in [-0.3, -0.25) is 4.90 Å². The molecule has 1 fully saturated rings. The van der Waals surface area contributed by atoms with E-state index in [1.807, 2.05) is 13.8 Å². The van der Waals surface area contributed by atoms with Crippen molar-refractivity contribution in [1.29, 1.82) is 0 Å². The number of hydrogen-bond acceptors (Lipinski definition) is 6. The average molecular weight is 269 g/mol. The molecule has 1 saturated heterocycles. The highest BCUT2D eigenvalue weighted by atomic mass is 16.5. The summed E-state index contributed by atoms with van der Waals surface area (Å²) in [4.78, 5) is 6.63. The molecule has 0 aliphatic carbocycles. The van der Waals surface area contributed by atoms with Gasteiger partial charge in [0.1, 0.15) is 6.10 Å². The number of aliphatic hydroxyl groups excluding tert-OH is 1. The van der Waals surface area contributed by atoms with Crippen molar-refractivity contribution in [2.24, 2.45) is 5.92 Å².